The normalized spacial score (nSPS) is 14.4. The highest BCUT2D eigenvalue weighted by Crippen LogP contribution is 2.22. The molecule has 1 saturated heterocycles. The number of hydrogen-bond donors (Lipinski definition) is 3. The van der Waals surface area contributed by atoms with Crippen molar-refractivity contribution in [3.63, 3.8) is 0 Å². The fourth-order valence-corrected chi connectivity index (χ4v) is 3.79. The lowest BCUT2D eigenvalue weighted by atomic mass is 10.0. The lowest BCUT2D eigenvalue weighted by Crippen LogP contribution is -2.44. The highest BCUT2D eigenvalue weighted by atomic mass is 16.4. The maximum Gasteiger partial charge on any atom is 0.328 e. The minimum atomic E-state index is -1.26. The molecule has 0 aromatic heterocycles. The fraction of sp³-hybridized carbons (Fsp3) is 0.385. The number of rotatable bonds is 8. The molecule has 0 unspecified atom stereocenters. The van der Waals surface area contributed by atoms with Crippen molar-refractivity contribution in [1.29, 1.82) is 0 Å². The van der Waals surface area contributed by atoms with Crippen LogP contribution in [0.5, 0.6) is 0 Å². The summed E-state index contributed by atoms with van der Waals surface area (Å²) < 4.78 is 0. The lowest BCUT2D eigenvalue weighted by molar-refractivity contribution is -0.134. The number of carboxylic acids is 2. The van der Waals surface area contributed by atoms with Gasteiger partial charge in [0.25, 0.3) is 0 Å². The molecule has 1 heterocycles. The predicted octanol–water partition coefficient (Wildman–Crippen LogP) is 4.28. The van der Waals surface area contributed by atoms with Gasteiger partial charge in [-0.25, -0.2) is 9.59 Å². The molecule has 172 valence electrons. The fourth-order valence-electron chi connectivity index (χ4n) is 3.79. The standard InChI is InChI=1S/C22H30N2.C4H4O4/c1-18(2)16-24(22-12-14-23-15-13-22)17-19-8-10-21(11-9-19)20-6-4-3-5-7-20;5-3(6)1-2-4(7)8/h3-11,18,22-23H,12-17H2,1-2H3;1-2H,(H,5,6)(H,7,8). The SMILES string of the molecule is CC(C)CN(Cc1ccc(-c2ccccc2)cc1)C1CCNCC1.O=C(O)C=CC(=O)O. The first-order chi connectivity index (χ1) is 15.3. The summed E-state index contributed by atoms with van der Waals surface area (Å²) in [5, 5.41) is 19.1. The average Bonchev–Trinajstić information content (AvgIpc) is 2.79. The van der Waals surface area contributed by atoms with E-state index in [1.807, 2.05) is 0 Å². The van der Waals surface area contributed by atoms with Gasteiger partial charge in [0.05, 0.1) is 0 Å². The molecule has 0 radical (unpaired) electrons. The first-order valence-electron chi connectivity index (χ1n) is 11.1. The second kappa shape index (κ2) is 13.5. The summed E-state index contributed by atoms with van der Waals surface area (Å²) in [6, 6.07) is 20.5. The molecule has 3 rings (SSSR count). The van der Waals surface area contributed by atoms with E-state index >= 15 is 0 Å². The zero-order valence-corrected chi connectivity index (χ0v) is 18.9. The van der Waals surface area contributed by atoms with Crippen molar-refractivity contribution in [2.45, 2.75) is 39.3 Å². The average molecular weight is 439 g/mol. The van der Waals surface area contributed by atoms with Crippen molar-refractivity contribution >= 4 is 11.9 Å². The van der Waals surface area contributed by atoms with Gasteiger partial charge in [-0.05, 0) is 48.5 Å². The summed E-state index contributed by atoms with van der Waals surface area (Å²) in [7, 11) is 0. The second-order valence-corrected chi connectivity index (χ2v) is 8.38. The Labute approximate surface area is 190 Å². The van der Waals surface area contributed by atoms with Gasteiger partial charge in [0.1, 0.15) is 0 Å². The first kappa shape index (κ1) is 25.3. The lowest BCUT2D eigenvalue weighted by Gasteiger charge is -2.36. The molecule has 1 aliphatic rings. The number of nitrogens with one attached hydrogen (secondary N) is 1. The number of aliphatic carboxylic acids is 2. The van der Waals surface area contributed by atoms with E-state index in [1.54, 1.807) is 0 Å². The van der Waals surface area contributed by atoms with Gasteiger partial charge in [0.2, 0.25) is 0 Å². The summed E-state index contributed by atoms with van der Waals surface area (Å²) in [4.78, 5) is 21.8. The number of carbonyl (C=O) groups is 2. The highest BCUT2D eigenvalue weighted by molar-refractivity contribution is 5.89. The van der Waals surface area contributed by atoms with Crippen LogP contribution in [0.15, 0.2) is 66.7 Å². The molecule has 6 heteroatoms. The number of piperidine rings is 1. The van der Waals surface area contributed by atoms with Crippen LogP contribution in [0.25, 0.3) is 11.1 Å². The maximum atomic E-state index is 9.55. The Hall–Kier alpha value is -2.96. The van der Waals surface area contributed by atoms with Crippen LogP contribution in [0, 0.1) is 5.92 Å². The minimum Gasteiger partial charge on any atom is -0.478 e. The molecule has 32 heavy (non-hydrogen) atoms. The van der Waals surface area contributed by atoms with Crippen LogP contribution < -0.4 is 5.32 Å². The Bertz CT molecular complexity index is 841. The zero-order chi connectivity index (χ0) is 23.3. The minimum absolute atomic E-state index is 0.558. The Morgan fingerprint density at radius 3 is 1.97 bits per heavy atom. The third-order valence-electron chi connectivity index (χ3n) is 5.24. The molecule has 1 fully saturated rings. The first-order valence-corrected chi connectivity index (χ1v) is 11.1. The topological polar surface area (TPSA) is 89.9 Å². The molecular formula is C26H34N2O4. The van der Waals surface area contributed by atoms with E-state index in [2.05, 4.69) is 78.7 Å². The third-order valence-corrected chi connectivity index (χ3v) is 5.24. The largest absolute Gasteiger partial charge is 0.478 e. The van der Waals surface area contributed by atoms with E-state index in [9.17, 15) is 9.59 Å². The van der Waals surface area contributed by atoms with Gasteiger partial charge < -0.3 is 15.5 Å². The number of nitrogens with zero attached hydrogens (tertiary/aromatic N) is 1. The highest BCUT2D eigenvalue weighted by Gasteiger charge is 2.21. The molecule has 2 aromatic carbocycles. The second-order valence-electron chi connectivity index (χ2n) is 8.38. The van der Waals surface area contributed by atoms with E-state index in [0.717, 1.165) is 25.7 Å². The van der Waals surface area contributed by atoms with Crippen LogP contribution in [0.3, 0.4) is 0 Å². The van der Waals surface area contributed by atoms with Gasteiger partial charge in [-0.3, -0.25) is 4.90 Å². The molecular weight excluding hydrogens is 404 g/mol. The van der Waals surface area contributed by atoms with E-state index in [-0.39, 0.29) is 0 Å². The molecule has 6 nitrogen and oxygen atoms in total. The zero-order valence-electron chi connectivity index (χ0n) is 18.9. The molecule has 0 bridgehead atoms. The van der Waals surface area contributed by atoms with Crippen LogP contribution in [-0.2, 0) is 16.1 Å². The van der Waals surface area contributed by atoms with Crippen LogP contribution in [0.1, 0.15) is 32.3 Å². The van der Waals surface area contributed by atoms with Crippen molar-refractivity contribution in [3.05, 3.63) is 72.3 Å². The van der Waals surface area contributed by atoms with Crippen molar-refractivity contribution in [3.8, 4) is 11.1 Å². The molecule has 0 saturated carbocycles. The van der Waals surface area contributed by atoms with Crippen molar-refractivity contribution in [2.75, 3.05) is 19.6 Å². The maximum absolute atomic E-state index is 9.55. The number of benzene rings is 2. The molecule has 0 spiro atoms. The molecule has 0 amide bonds. The van der Waals surface area contributed by atoms with E-state index in [1.165, 1.54) is 36.1 Å². The smallest absolute Gasteiger partial charge is 0.328 e. The molecule has 1 aliphatic heterocycles. The van der Waals surface area contributed by atoms with Gasteiger partial charge in [-0.1, -0.05) is 68.4 Å². The Morgan fingerprint density at radius 2 is 1.47 bits per heavy atom. The quantitative estimate of drug-likeness (QED) is 0.533. The predicted molar refractivity (Wildman–Crippen MR) is 127 cm³/mol. The Morgan fingerprint density at radius 1 is 0.938 bits per heavy atom. The van der Waals surface area contributed by atoms with E-state index in [4.69, 9.17) is 10.2 Å². The number of hydrogen-bond acceptors (Lipinski definition) is 4. The molecule has 0 aliphatic carbocycles. The van der Waals surface area contributed by atoms with Crippen molar-refractivity contribution in [1.82, 2.24) is 10.2 Å². The van der Waals surface area contributed by atoms with Gasteiger partial charge in [0, 0.05) is 31.3 Å². The van der Waals surface area contributed by atoms with Gasteiger partial charge in [-0.2, -0.15) is 0 Å². The molecule has 0 atom stereocenters. The van der Waals surface area contributed by atoms with Gasteiger partial charge in [0.15, 0.2) is 0 Å². The Balaban J connectivity index is 0.000000390. The third kappa shape index (κ3) is 9.45. The summed E-state index contributed by atoms with van der Waals surface area (Å²) in [5.74, 6) is -1.80. The summed E-state index contributed by atoms with van der Waals surface area (Å²) in [6.07, 6.45) is 3.66. The molecule has 2 aromatic rings. The van der Waals surface area contributed by atoms with E-state index < -0.39 is 11.9 Å². The van der Waals surface area contributed by atoms with Crippen molar-refractivity contribution in [2.24, 2.45) is 5.92 Å². The summed E-state index contributed by atoms with van der Waals surface area (Å²) >= 11 is 0. The van der Waals surface area contributed by atoms with Crippen LogP contribution in [0.2, 0.25) is 0 Å². The summed E-state index contributed by atoms with van der Waals surface area (Å²) in [6.45, 7) is 9.22. The van der Waals surface area contributed by atoms with Crippen LogP contribution in [0.4, 0.5) is 0 Å². The van der Waals surface area contributed by atoms with E-state index in [0.29, 0.717) is 18.1 Å². The summed E-state index contributed by atoms with van der Waals surface area (Å²) in [5.41, 5.74) is 4.02. The van der Waals surface area contributed by atoms with Gasteiger partial charge in [-0.15, -0.1) is 0 Å². The molecule has 3 N–H and O–H groups in total. The van der Waals surface area contributed by atoms with Crippen LogP contribution >= 0.6 is 0 Å². The van der Waals surface area contributed by atoms with Crippen LogP contribution in [-0.4, -0.2) is 52.7 Å². The van der Waals surface area contributed by atoms with Gasteiger partial charge >= 0.3 is 11.9 Å². The Kier molecular flexibility index (Phi) is 10.6. The number of carboxylic acid groups (broad SMARTS) is 2. The van der Waals surface area contributed by atoms with Crippen molar-refractivity contribution < 1.29 is 19.8 Å². The monoisotopic (exact) mass is 438 g/mol.